The average Bonchev–Trinajstić information content (AvgIpc) is 3.22. The SMILES string of the molecule is O=C(Nc1ccc(F)cc1-c1nc2ccccc2s1)N1CCC(O)C1. The number of aliphatic hydroxyl groups excluding tert-OH is 1. The summed E-state index contributed by atoms with van der Waals surface area (Å²) in [6.45, 7) is 0.814. The van der Waals surface area contributed by atoms with E-state index in [4.69, 9.17) is 0 Å². The third-order valence-corrected chi connectivity index (χ3v) is 5.27. The van der Waals surface area contributed by atoms with Gasteiger partial charge in [-0.1, -0.05) is 12.1 Å². The van der Waals surface area contributed by atoms with Crippen molar-refractivity contribution in [3.8, 4) is 10.6 Å². The summed E-state index contributed by atoms with van der Waals surface area (Å²) in [7, 11) is 0. The van der Waals surface area contributed by atoms with Gasteiger partial charge in [-0.25, -0.2) is 14.2 Å². The second-order valence-corrected chi connectivity index (χ2v) is 7.03. The largest absolute Gasteiger partial charge is 0.391 e. The number of para-hydroxylation sites is 1. The Labute approximate surface area is 147 Å². The molecule has 1 saturated heterocycles. The van der Waals surface area contributed by atoms with Crippen LogP contribution in [0, 0.1) is 5.82 Å². The number of fused-ring (bicyclic) bond motifs is 1. The second-order valence-electron chi connectivity index (χ2n) is 6.00. The predicted molar refractivity (Wildman–Crippen MR) is 96.2 cm³/mol. The van der Waals surface area contributed by atoms with Crippen molar-refractivity contribution < 1.29 is 14.3 Å². The number of hydrogen-bond acceptors (Lipinski definition) is 4. The number of hydrogen-bond donors (Lipinski definition) is 2. The summed E-state index contributed by atoms with van der Waals surface area (Å²) in [5.74, 6) is -0.385. The van der Waals surface area contributed by atoms with Gasteiger partial charge in [0.05, 0.1) is 22.0 Å². The number of aliphatic hydroxyl groups is 1. The van der Waals surface area contributed by atoms with Crippen LogP contribution in [0.25, 0.3) is 20.8 Å². The van der Waals surface area contributed by atoms with Crippen LogP contribution in [-0.2, 0) is 0 Å². The summed E-state index contributed by atoms with van der Waals surface area (Å²) in [6, 6.07) is 11.6. The lowest BCUT2D eigenvalue weighted by atomic mass is 10.2. The maximum Gasteiger partial charge on any atom is 0.321 e. The zero-order chi connectivity index (χ0) is 17.4. The molecule has 1 unspecified atom stereocenters. The molecule has 1 aliphatic heterocycles. The third kappa shape index (κ3) is 3.20. The molecule has 2 aromatic carbocycles. The fraction of sp³-hybridized carbons (Fsp3) is 0.222. The van der Waals surface area contributed by atoms with Gasteiger partial charge in [-0.3, -0.25) is 0 Å². The highest BCUT2D eigenvalue weighted by Gasteiger charge is 2.25. The van der Waals surface area contributed by atoms with Gasteiger partial charge < -0.3 is 15.3 Å². The Morgan fingerprint density at radius 2 is 2.16 bits per heavy atom. The molecule has 0 spiro atoms. The van der Waals surface area contributed by atoms with Crippen molar-refractivity contribution in [1.82, 2.24) is 9.88 Å². The van der Waals surface area contributed by atoms with E-state index in [2.05, 4.69) is 10.3 Å². The number of carbonyl (C=O) groups is 1. The zero-order valence-corrected chi connectivity index (χ0v) is 14.1. The van der Waals surface area contributed by atoms with Crippen LogP contribution in [0.2, 0.25) is 0 Å². The number of β-amino-alcohol motifs (C(OH)–C–C–N with tert-alkyl or cyclic N) is 1. The maximum absolute atomic E-state index is 13.8. The minimum absolute atomic E-state index is 0.300. The molecule has 0 saturated carbocycles. The van der Waals surface area contributed by atoms with Gasteiger partial charge in [0, 0.05) is 18.7 Å². The highest BCUT2D eigenvalue weighted by atomic mass is 32.1. The molecule has 4 rings (SSSR count). The van der Waals surface area contributed by atoms with Crippen LogP contribution < -0.4 is 5.32 Å². The van der Waals surface area contributed by atoms with Crippen LogP contribution in [0.15, 0.2) is 42.5 Å². The number of amides is 2. The number of halogens is 1. The van der Waals surface area contributed by atoms with E-state index in [-0.39, 0.29) is 11.8 Å². The first-order valence-corrected chi connectivity index (χ1v) is 8.81. The lowest BCUT2D eigenvalue weighted by Crippen LogP contribution is -2.33. The van der Waals surface area contributed by atoms with Crippen molar-refractivity contribution in [3.63, 3.8) is 0 Å². The minimum atomic E-state index is -0.484. The molecule has 1 fully saturated rings. The Morgan fingerprint density at radius 1 is 1.32 bits per heavy atom. The fourth-order valence-corrected chi connectivity index (χ4v) is 3.91. The number of benzene rings is 2. The molecule has 128 valence electrons. The molecule has 2 amide bonds. The van der Waals surface area contributed by atoms with Crippen LogP contribution in [-0.4, -0.2) is 40.2 Å². The Kier molecular flexibility index (Phi) is 4.10. The van der Waals surface area contributed by atoms with Crippen molar-refractivity contribution in [2.75, 3.05) is 18.4 Å². The summed E-state index contributed by atoms with van der Waals surface area (Å²) >= 11 is 1.45. The van der Waals surface area contributed by atoms with E-state index in [9.17, 15) is 14.3 Å². The molecular formula is C18H16FN3O2S. The van der Waals surface area contributed by atoms with E-state index in [1.807, 2.05) is 24.3 Å². The lowest BCUT2D eigenvalue weighted by molar-refractivity contribution is 0.176. The van der Waals surface area contributed by atoms with Crippen LogP contribution in [0.5, 0.6) is 0 Å². The quantitative estimate of drug-likeness (QED) is 0.735. The first kappa shape index (κ1) is 16.0. The van der Waals surface area contributed by atoms with Crippen molar-refractivity contribution in [1.29, 1.82) is 0 Å². The second kappa shape index (κ2) is 6.42. The smallest absolute Gasteiger partial charge is 0.321 e. The molecule has 7 heteroatoms. The van der Waals surface area contributed by atoms with Crippen molar-refractivity contribution in [3.05, 3.63) is 48.3 Å². The first-order valence-electron chi connectivity index (χ1n) is 7.99. The van der Waals surface area contributed by atoms with Gasteiger partial charge >= 0.3 is 6.03 Å². The summed E-state index contributed by atoms with van der Waals surface area (Å²) in [4.78, 5) is 18.5. The van der Waals surface area contributed by atoms with Crippen LogP contribution in [0.1, 0.15) is 6.42 Å². The van der Waals surface area contributed by atoms with E-state index in [1.54, 1.807) is 11.0 Å². The van der Waals surface area contributed by atoms with E-state index in [1.165, 1.54) is 23.5 Å². The highest BCUT2D eigenvalue weighted by molar-refractivity contribution is 7.21. The number of nitrogens with zero attached hydrogens (tertiary/aromatic N) is 2. The zero-order valence-electron chi connectivity index (χ0n) is 13.3. The van der Waals surface area contributed by atoms with Crippen molar-refractivity contribution >= 4 is 33.3 Å². The summed E-state index contributed by atoms with van der Waals surface area (Å²) < 4.78 is 14.8. The molecule has 0 radical (unpaired) electrons. The Hall–Kier alpha value is -2.51. The van der Waals surface area contributed by atoms with Gasteiger partial charge in [0.2, 0.25) is 0 Å². The maximum atomic E-state index is 13.8. The summed E-state index contributed by atoms with van der Waals surface area (Å²) in [5.41, 5.74) is 1.90. The van der Waals surface area contributed by atoms with Crippen molar-refractivity contribution in [2.24, 2.45) is 0 Å². The van der Waals surface area contributed by atoms with Gasteiger partial charge in [0.1, 0.15) is 10.8 Å². The normalized spacial score (nSPS) is 17.2. The molecule has 1 aliphatic rings. The van der Waals surface area contributed by atoms with E-state index in [0.717, 1.165) is 10.2 Å². The van der Waals surface area contributed by atoms with E-state index in [0.29, 0.717) is 35.8 Å². The number of anilines is 1. The molecule has 5 nitrogen and oxygen atoms in total. The molecule has 2 heterocycles. The molecule has 3 aromatic rings. The number of likely N-dealkylation sites (tertiary alicyclic amines) is 1. The standard InChI is InChI=1S/C18H16FN3O2S/c19-11-5-6-14(21-18(24)22-8-7-12(23)10-22)13(9-11)17-20-15-3-1-2-4-16(15)25-17/h1-6,9,12,23H,7-8,10H2,(H,21,24). The molecular weight excluding hydrogens is 341 g/mol. The van der Waals surface area contributed by atoms with E-state index < -0.39 is 6.10 Å². The molecule has 0 bridgehead atoms. The molecule has 0 aliphatic carbocycles. The number of urea groups is 1. The summed E-state index contributed by atoms with van der Waals surface area (Å²) in [6.07, 6.45) is 0.0874. The Balaban J connectivity index is 1.68. The molecule has 1 atom stereocenters. The summed E-state index contributed by atoms with van der Waals surface area (Å²) in [5, 5.41) is 13.1. The third-order valence-electron chi connectivity index (χ3n) is 4.20. The van der Waals surface area contributed by atoms with Gasteiger partial charge in [-0.05, 0) is 36.8 Å². The van der Waals surface area contributed by atoms with Crippen LogP contribution in [0.3, 0.4) is 0 Å². The average molecular weight is 357 g/mol. The number of nitrogens with one attached hydrogen (secondary N) is 1. The lowest BCUT2D eigenvalue weighted by Gasteiger charge is -2.17. The van der Waals surface area contributed by atoms with Gasteiger partial charge in [0.25, 0.3) is 0 Å². The molecule has 2 N–H and O–H groups in total. The molecule has 1 aromatic heterocycles. The number of aromatic nitrogens is 1. The first-order chi connectivity index (χ1) is 12.1. The van der Waals surface area contributed by atoms with Gasteiger partial charge in [-0.15, -0.1) is 11.3 Å². The van der Waals surface area contributed by atoms with Crippen LogP contribution in [0.4, 0.5) is 14.9 Å². The number of rotatable bonds is 2. The number of carbonyl (C=O) groups excluding carboxylic acids is 1. The van der Waals surface area contributed by atoms with Crippen LogP contribution >= 0.6 is 11.3 Å². The Bertz CT molecular complexity index is 910. The minimum Gasteiger partial charge on any atom is -0.391 e. The fourth-order valence-electron chi connectivity index (χ4n) is 2.91. The van der Waals surface area contributed by atoms with E-state index >= 15 is 0 Å². The predicted octanol–water partition coefficient (Wildman–Crippen LogP) is 3.70. The number of thiazole rings is 1. The van der Waals surface area contributed by atoms with Gasteiger partial charge in [-0.2, -0.15) is 0 Å². The van der Waals surface area contributed by atoms with Gasteiger partial charge in [0.15, 0.2) is 0 Å². The Morgan fingerprint density at radius 3 is 2.92 bits per heavy atom. The topological polar surface area (TPSA) is 65.5 Å². The van der Waals surface area contributed by atoms with Crippen molar-refractivity contribution in [2.45, 2.75) is 12.5 Å². The molecule has 25 heavy (non-hydrogen) atoms. The monoisotopic (exact) mass is 357 g/mol. The highest BCUT2D eigenvalue weighted by Crippen LogP contribution is 2.35.